The number of nitrogens with zero attached hydrogens (tertiary/aromatic N) is 1. The molecule has 16 heavy (non-hydrogen) atoms. The first-order chi connectivity index (χ1) is 7.46. The molecule has 1 fully saturated rings. The molecule has 0 amide bonds. The van der Waals surface area contributed by atoms with E-state index in [4.69, 9.17) is 5.73 Å². The summed E-state index contributed by atoms with van der Waals surface area (Å²) in [5, 5.41) is 0. The zero-order valence-corrected chi connectivity index (χ0v) is 11.6. The fourth-order valence-electron chi connectivity index (χ4n) is 2.57. The summed E-state index contributed by atoms with van der Waals surface area (Å²) in [5.41, 5.74) is 6.33. The molecule has 2 N–H and O–H groups in total. The van der Waals surface area contributed by atoms with E-state index in [1.54, 1.807) is 0 Å². The maximum atomic E-state index is 5.92. The first-order valence-electron chi connectivity index (χ1n) is 6.90. The number of hydrogen-bond donors (Lipinski definition) is 1. The molecular formula is C14H30N2. The fraction of sp³-hybridized carbons (Fsp3) is 1.00. The lowest BCUT2D eigenvalue weighted by Crippen LogP contribution is -2.36. The van der Waals surface area contributed by atoms with Gasteiger partial charge in [0.2, 0.25) is 0 Å². The van der Waals surface area contributed by atoms with Gasteiger partial charge in [-0.1, -0.05) is 27.7 Å². The molecule has 0 aromatic carbocycles. The van der Waals surface area contributed by atoms with Gasteiger partial charge in [0.05, 0.1) is 0 Å². The van der Waals surface area contributed by atoms with E-state index in [1.165, 1.54) is 38.8 Å². The van der Waals surface area contributed by atoms with Crippen LogP contribution in [0.25, 0.3) is 0 Å². The molecular weight excluding hydrogens is 196 g/mol. The van der Waals surface area contributed by atoms with Gasteiger partial charge in [-0.3, -0.25) is 0 Å². The lowest BCUT2D eigenvalue weighted by atomic mass is 9.84. The Morgan fingerprint density at radius 3 is 2.31 bits per heavy atom. The van der Waals surface area contributed by atoms with E-state index in [-0.39, 0.29) is 0 Å². The van der Waals surface area contributed by atoms with Crippen LogP contribution in [-0.2, 0) is 0 Å². The van der Waals surface area contributed by atoms with Crippen molar-refractivity contribution in [3.63, 3.8) is 0 Å². The minimum atomic E-state index is 0.408. The van der Waals surface area contributed by atoms with Crippen LogP contribution < -0.4 is 5.73 Å². The summed E-state index contributed by atoms with van der Waals surface area (Å²) in [6.07, 6.45) is 5.33. The van der Waals surface area contributed by atoms with Crippen LogP contribution >= 0.6 is 0 Å². The second-order valence-corrected chi connectivity index (χ2v) is 6.59. The average molecular weight is 226 g/mol. The molecule has 0 heterocycles. The summed E-state index contributed by atoms with van der Waals surface area (Å²) in [6.45, 7) is 12.5. The minimum absolute atomic E-state index is 0.408. The van der Waals surface area contributed by atoms with Gasteiger partial charge in [-0.15, -0.1) is 0 Å². The molecule has 0 aromatic heterocycles. The number of hydrogen-bond acceptors (Lipinski definition) is 2. The molecule has 0 bridgehead atoms. The van der Waals surface area contributed by atoms with E-state index in [0.717, 1.165) is 12.6 Å². The standard InChI is InChI=1S/C14H30N2/c1-5-8-16(13-6-7-13)11-12(10-15)9-14(2,3)4/h12-13H,5-11,15H2,1-4H3. The molecule has 0 saturated heterocycles. The SMILES string of the molecule is CCCN(CC(CN)CC(C)(C)C)C1CC1. The van der Waals surface area contributed by atoms with Crippen molar-refractivity contribution in [2.75, 3.05) is 19.6 Å². The Bertz CT molecular complexity index is 191. The Hall–Kier alpha value is -0.0800. The highest BCUT2D eigenvalue weighted by Crippen LogP contribution is 2.30. The van der Waals surface area contributed by atoms with Crippen molar-refractivity contribution in [2.24, 2.45) is 17.1 Å². The van der Waals surface area contributed by atoms with Crippen LogP contribution in [0.15, 0.2) is 0 Å². The normalized spacial score (nSPS) is 19.1. The average Bonchev–Trinajstić information content (AvgIpc) is 2.97. The van der Waals surface area contributed by atoms with E-state index in [1.807, 2.05) is 0 Å². The molecule has 96 valence electrons. The number of rotatable bonds is 7. The van der Waals surface area contributed by atoms with Gasteiger partial charge in [0.15, 0.2) is 0 Å². The van der Waals surface area contributed by atoms with E-state index in [9.17, 15) is 0 Å². The molecule has 1 aliphatic rings. The Kier molecular flexibility index (Phi) is 5.26. The van der Waals surface area contributed by atoms with Crippen LogP contribution in [0.3, 0.4) is 0 Å². The van der Waals surface area contributed by atoms with Crippen molar-refractivity contribution in [1.82, 2.24) is 4.90 Å². The second-order valence-electron chi connectivity index (χ2n) is 6.59. The molecule has 0 aromatic rings. The highest BCUT2D eigenvalue weighted by Gasteiger charge is 2.30. The largest absolute Gasteiger partial charge is 0.330 e. The predicted octanol–water partition coefficient (Wildman–Crippen LogP) is 2.87. The van der Waals surface area contributed by atoms with Crippen molar-refractivity contribution >= 4 is 0 Å². The van der Waals surface area contributed by atoms with Gasteiger partial charge in [0.25, 0.3) is 0 Å². The lowest BCUT2D eigenvalue weighted by molar-refractivity contribution is 0.187. The minimum Gasteiger partial charge on any atom is -0.330 e. The monoisotopic (exact) mass is 226 g/mol. The van der Waals surface area contributed by atoms with Gasteiger partial charge < -0.3 is 10.6 Å². The Balaban J connectivity index is 2.40. The van der Waals surface area contributed by atoms with Crippen molar-refractivity contribution in [3.05, 3.63) is 0 Å². The Labute approximate surface area is 102 Å². The summed E-state index contributed by atoms with van der Waals surface area (Å²) in [4.78, 5) is 2.67. The van der Waals surface area contributed by atoms with E-state index < -0.39 is 0 Å². The van der Waals surface area contributed by atoms with Crippen LogP contribution in [0.5, 0.6) is 0 Å². The van der Waals surface area contributed by atoms with Crippen molar-refractivity contribution in [2.45, 2.75) is 59.4 Å². The molecule has 2 heteroatoms. The maximum Gasteiger partial charge on any atom is 0.00965 e. The first-order valence-corrected chi connectivity index (χ1v) is 6.90. The smallest absolute Gasteiger partial charge is 0.00965 e. The van der Waals surface area contributed by atoms with E-state index in [2.05, 4.69) is 32.6 Å². The maximum absolute atomic E-state index is 5.92. The molecule has 1 rings (SSSR count). The van der Waals surface area contributed by atoms with Crippen LogP contribution in [0.1, 0.15) is 53.4 Å². The third kappa shape index (κ3) is 5.31. The third-order valence-corrected chi connectivity index (χ3v) is 3.30. The van der Waals surface area contributed by atoms with Crippen LogP contribution in [-0.4, -0.2) is 30.6 Å². The molecule has 2 nitrogen and oxygen atoms in total. The van der Waals surface area contributed by atoms with Gasteiger partial charge in [0, 0.05) is 12.6 Å². The highest BCUT2D eigenvalue weighted by atomic mass is 15.2. The molecule has 0 spiro atoms. The molecule has 1 atom stereocenters. The second kappa shape index (κ2) is 6.02. The summed E-state index contributed by atoms with van der Waals surface area (Å²) < 4.78 is 0. The Morgan fingerprint density at radius 1 is 1.31 bits per heavy atom. The van der Waals surface area contributed by atoms with Crippen molar-refractivity contribution < 1.29 is 0 Å². The zero-order chi connectivity index (χ0) is 12.2. The van der Waals surface area contributed by atoms with Crippen molar-refractivity contribution in [3.8, 4) is 0 Å². The summed E-state index contributed by atoms with van der Waals surface area (Å²) in [7, 11) is 0. The zero-order valence-electron chi connectivity index (χ0n) is 11.6. The van der Waals surface area contributed by atoms with Gasteiger partial charge >= 0.3 is 0 Å². The molecule has 1 saturated carbocycles. The molecule has 0 radical (unpaired) electrons. The van der Waals surface area contributed by atoms with E-state index >= 15 is 0 Å². The van der Waals surface area contributed by atoms with Crippen molar-refractivity contribution in [1.29, 1.82) is 0 Å². The van der Waals surface area contributed by atoms with Gasteiger partial charge in [0.1, 0.15) is 0 Å². The lowest BCUT2D eigenvalue weighted by Gasteiger charge is -2.30. The van der Waals surface area contributed by atoms with Gasteiger partial charge in [-0.25, -0.2) is 0 Å². The van der Waals surface area contributed by atoms with Crippen LogP contribution in [0.4, 0.5) is 0 Å². The summed E-state index contributed by atoms with van der Waals surface area (Å²) >= 11 is 0. The highest BCUT2D eigenvalue weighted by molar-refractivity contribution is 4.86. The Morgan fingerprint density at radius 2 is 1.94 bits per heavy atom. The van der Waals surface area contributed by atoms with E-state index in [0.29, 0.717) is 11.3 Å². The van der Waals surface area contributed by atoms with Gasteiger partial charge in [-0.05, 0) is 50.1 Å². The summed E-state index contributed by atoms with van der Waals surface area (Å²) in [5.74, 6) is 0.673. The quantitative estimate of drug-likeness (QED) is 0.723. The predicted molar refractivity (Wildman–Crippen MR) is 71.5 cm³/mol. The summed E-state index contributed by atoms with van der Waals surface area (Å²) in [6, 6.07) is 0.883. The van der Waals surface area contributed by atoms with Crippen LogP contribution in [0, 0.1) is 11.3 Å². The fourth-order valence-corrected chi connectivity index (χ4v) is 2.57. The first kappa shape index (κ1) is 14.0. The van der Waals surface area contributed by atoms with Crippen LogP contribution in [0.2, 0.25) is 0 Å². The van der Waals surface area contributed by atoms with Gasteiger partial charge in [-0.2, -0.15) is 0 Å². The number of nitrogens with two attached hydrogens (primary N) is 1. The molecule has 1 aliphatic carbocycles. The topological polar surface area (TPSA) is 29.3 Å². The molecule has 1 unspecified atom stereocenters. The molecule has 0 aliphatic heterocycles. The third-order valence-electron chi connectivity index (χ3n) is 3.30.